The number of hydrogen-bond donors (Lipinski definition) is 1. The van der Waals surface area contributed by atoms with E-state index in [0.29, 0.717) is 83.8 Å². The molecule has 7 heterocycles. The van der Waals surface area contributed by atoms with Gasteiger partial charge in [0.25, 0.3) is 0 Å². The Kier molecular flexibility index (Phi) is 8.03. The van der Waals surface area contributed by atoms with Gasteiger partial charge >= 0.3 is 0 Å². The van der Waals surface area contributed by atoms with Crippen molar-refractivity contribution < 1.29 is 27.4 Å². The summed E-state index contributed by atoms with van der Waals surface area (Å²) in [4.78, 5) is 37.6. The Balaban J connectivity index is 1.17. The molecular formula is C37H35F3N10O3. The van der Waals surface area contributed by atoms with E-state index in [1.54, 1.807) is 25.3 Å². The van der Waals surface area contributed by atoms with Crippen LogP contribution in [-0.2, 0) is 20.8 Å². The van der Waals surface area contributed by atoms with E-state index in [1.807, 2.05) is 34.6 Å². The number of anilines is 2. The van der Waals surface area contributed by atoms with Gasteiger partial charge in [-0.3, -0.25) is 4.79 Å². The molecule has 0 saturated carbocycles. The minimum atomic E-state index is -0.795. The second kappa shape index (κ2) is 12.8. The number of pyridine rings is 1. The highest BCUT2D eigenvalue weighted by Gasteiger charge is 2.41. The Hall–Kier alpha value is -5.61. The zero-order chi connectivity index (χ0) is 36.5. The average molecular weight is 725 g/mol. The highest BCUT2D eigenvalue weighted by atomic mass is 19.1. The van der Waals surface area contributed by atoms with E-state index in [2.05, 4.69) is 15.4 Å². The molecule has 9 rings (SSSR count). The SMILES string of the molecule is CO[C@H]1CN(C)C(=O)[C@@H]2C[C@@H](CN2c2nc(C3COC3)nc3c2cnn3-c2ccc(F)cc2F)Nc2cccc(n2)-c2cc(F)cc3nc(C)n(c23)C1. The summed E-state index contributed by atoms with van der Waals surface area (Å²) >= 11 is 0. The summed E-state index contributed by atoms with van der Waals surface area (Å²) in [5.41, 5.74) is 2.74. The fraction of sp³-hybridized carbons (Fsp3) is 0.351. The summed E-state index contributed by atoms with van der Waals surface area (Å²) in [5, 5.41) is 8.51. The molecule has 0 unspecified atom stereocenters. The number of carbonyl (C=O) groups excluding carboxylic acids is 1. The van der Waals surface area contributed by atoms with Crippen LogP contribution in [0.1, 0.15) is 24.0 Å². The highest BCUT2D eigenvalue weighted by molar-refractivity contribution is 5.94. The Morgan fingerprint density at radius 1 is 0.962 bits per heavy atom. The number of nitrogens with zero attached hydrogens (tertiary/aromatic N) is 9. The molecule has 6 aromatic rings. The number of benzene rings is 2. The smallest absolute Gasteiger partial charge is 0.245 e. The summed E-state index contributed by atoms with van der Waals surface area (Å²) in [5.74, 6) is -0.0241. The first-order valence-electron chi connectivity index (χ1n) is 17.4. The van der Waals surface area contributed by atoms with E-state index in [0.717, 1.165) is 17.6 Å². The van der Waals surface area contributed by atoms with Gasteiger partial charge in [0.15, 0.2) is 11.5 Å². The van der Waals surface area contributed by atoms with Crippen LogP contribution in [0.3, 0.4) is 0 Å². The molecule has 3 aliphatic rings. The maximum atomic E-state index is 15.1. The Labute approximate surface area is 301 Å². The number of halogens is 3. The molecule has 0 aliphatic carbocycles. The van der Waals surface area contributed by atoms with Crippen molar-refractivity contribution >= 4 is 39.6 Å². The number of carbonyl (C=O) groups is 1. The van der Waals surface area contributed by atoms with Gasteiger partial charge in [0.2, 0.25) is 5.91 Å². The number of hydrogen-bond acceptors (Lipinski definition) is 10. The van der Waals surface area contributed by atoms with Crippen molar-refractivity contribution in [2.75, 3.05) is 50.7 Å². The van der Waals surface area contributed by atoms with E-state index >= 15 is 8.78 Å². The van der Waals surface area contributed by atoms with Crippen molar-refractivity contribution in [2.24, 2.45) is 0 Å². The maximum absolute atomic E-state index is 15.1. The number of methoxy groups -OCH3 is 1. The summed E-state index contributed by atoms with van der Waals surface area (Å²) < 4.78 is 58.8. The number of aromatic nitrogens is 7. The molecule has 3 atom stereocenters. The zero-order valence-corrected chi connectivity index (χ0v) is 29.1. The molecule has 4 aromatic heterocycles. The largest absolute Gasteiger partial charge is 0.380 e. The van der Waals surface area contributed by atoms with Crippen LogP contribution in [0, 0.1) is 24.4 Å². The molecule has 2 saturated heterocycles. The summed E-state index contributed by atoms with van der Waals surface area (Å²) in [6, 6.07) is 10.8. The summed E-state index contributed by atoms with van der Waals surface area (Å²) in [6.07, 6.45) is 1.50. The van der Waals surface area contributed by atoms with Gasteiger partial charge in [-0.25, -0.2) is 37.8 Å². The number of amides is 1. The minimum Gasteiger partial charge on any atom is -0.380 e. The Morgan fingerprint density at radius 3 is 2.58 bits per heavy atom. The molecule has 4 bridgehead atoms. The van der Waals surface area contributed by atoms with Gasteiger partial charge in [0, 0.05) is 51.0 Å². The molecule has 1 amide bonds. The van der Waals surface area contributed by atoms with Gasteiger partial charge in [-0.2, -0.15) is 5.10 Å². The summed E-state index contributed by atoms with van der Waals surface area (Å²) in [7, 11) is 3.35. The lowest BCUT2D eigenvalue weighted by Gasteiger charge is -2.31. The number of aryl methyl sites for hydroxylation is 1. The molecule has 0 spiro atoms. The Morgan fingerprint density at radius 2 is 1.81 bits per heavy atom. The quantitative estimate of drug-likeness (QED) is 0.275. The second-order valence-corrected chi connectivity index (χ2v) is 13.8. The lowest BCUT2D eigenvalue weighted by atomic mass is 10.1. The third-order valence-electron chi connectivity index (χ3n) is 10.4. The van der Waals surface area contributed by atoms with Crippen molar-refractivity contribution in [3.05, 3.63) is 83.8 Å². The van der Waals surface area contributed by atoms with Crippen LogP contribution in [0.4, 0.5) is 24.8 Å². The number of nitrogens with one attached hydrogen (secondary N) is 1. The van der Waals surface area contributed by atoms with Crippen molar-refractivity contribution in [3.63, 3.8) is 0 Å². The number of fused-ring (bicyclic) bond motifs is 6. The molecule has 2 fully saturated rings. The van der Waals surface area contributed by atoms with E-state index in [4.69, 9.17) is 24.4 Å². The number of rotatable bonds is 4. The molecule has 3 aliphatic heterocycles. The third kappa shape index (κ3) is 5.72. The predicted molar refractivity (Wildman–Crippen MR) is 189 cm³/mol. The Bertz CT molecular complexity index is 2410. The molecule has 16 heteroatoms. The van der Waals surface area contributed by atoms with Crippen molar-refractivity contribution in [2.45, 2.75) is 44.0 Å². The number of ether oxygens (including phenoxy) is 2. The first-order chi connectivity index (χ1) is 25.6. The van der Waals surface area contributed by atoms with Crippen LogP contribution in [0.25, 0.3) is 39.0 Å². The predicted octanol–water partition coefficient (Wildman–Crippen LogP) is 4.61. The minimum absolute atomic E-state index is 0.0278. The maximum Gasteiger partial charge on any atom is 0.245 e. The van der Waals surface area contributed by atoms with Crippen LogP contribution >= 0.6 is 0 Å². The van der Waals surface area contributed by atoms with Crippen LogP contribution in [0.5, 0.6) is 0 Å². The monoisotopic (exact) mass is 724 g/mol. The van der Waals surface area contributed by atoms with Crippen molar-refractivity contribution in [1.82, 2.24) is 39.2 Å². The summed E-state index contributed by atoms with van der Waals surface area (Å²) in [6.45, 7) is 3.64. The molecule has 53 heavy (non-hydrogen) atoms. The van der Waals surface area contributed by atoms with Gasteiger partial charge in [0.05, 0.1) is 60.1 Å². The standard InChI is InChI=1S/C37H35F3N10O3/c1-19-42-29-11-22(39)9-25-28-5-4-6-32(44-28)43-23-12-31(37(51)47(2)15-24(52-3)16-48(19)33(25)29)49(14-23)35-26-13-41-50(30-8-7-21(38)10-27(30)40)36(26)46-34(45-35)20-17-53-18-20/h4-11,13,20,23-24,31H,12,14-18H2,1-3H3,(H,43,44)/t23-,24-,31-/m0/s1. The third-order valence-corrected chi connectivity index (χ3v) is 10.4. The van der Waals surface area contributed by atoms with Crippen LogP contribution < -0.4 is 10.2 Å². The molecule has 272 valence electrons. The molecule has 0 radical (unpaired) electrons. The molecule has 13 nitrogen and oxygen atoms in total. The molecule has 2 aromatic carbocycles. The number of likely N-dealkylation sites (N-methyl/N-ethyl adjacent to an activating group) is 1. The van der Waals surface area contributed by atoms with Crippen molar-refractivity contribution in [1.29, 1.82) is 0 Å². The molecular weight excluding hydrogens is 689 g/mol. The molecule has 1 N–H and O–H groups in total. The van der Waals surface area contributed by atoms with E-state index in [9.17, 15) is 9.18 Å². The first kappa shape index (κ1) is 33.2. The van der Waals surface area contributed by atoms with Crippen LogP contribution in [0.15, 0.2) is 54.7 Å². The first-order valence-corrected chi connectivity index (χ1v) is 17.4. The lowest BCUT2D eigenvalue weighted by molar-refractivity contribution is -0.132. The van der Waals surface area contributed by atoms with Gasteiger partial charge < -0.3 is 29.2 Å². The van der Waals surface area contributed by atoms with Gasteiger partial charge in [0.1, 0.15) is 46.6 Å². The fourth-order valence-corrected chi connectivity index (χ4v) is 7.64. The zero-order valence-electron chi connectivity index (χ0n) is 29.1. The highest BCUT2D eigenvalue weighted by Crippen LogP contribution is 2.36. The van der Waals surface area contributed by atoms with Crippen LogP contribution in [-0.4, -0.2) is 104 Å². The van der Waals surface area contributed by atoms with Gasteiger partial charge in [-0.15, -0.1) is 0 Å². The normalized spacial score (nSPS) is 20.8. The van der Waals surface area contributed by atoms with Gasteiger partial charge in [-0.05, 0) is 43.7 Å². The topological polar surface area (TPSA) is 128 Å². The van der Waals surface area contributed by atoms with Crippen molar-refractivity contribution in [3.8, 4) is 16.9 Å². The van der Waals surface area contributed by atoms with E-state index in [-0.39, 0.29) is 30.1 Å². The van der Waals surface area contributed by atoms with E-state index < -0.39 is 29.6 Å². The second-order valence-electron chi connectivity index (χ2n) is 13.8. The van der Waals surface area contributed by atoms with Crippen LogP contribution in [0.2, 0.25) is 0 Å². The number of imidazole rings is 1. The lowest BCUT2D eigenvalue weighted by Crippen LogP contribution is -2.47. The fourth-order valence-electron chi connectivity index (χ4n) is 7.64. The van der Waals surface area contributed by atoms with Gasteiger partial charge in [-0.1, -0.05) is 6.07 Å². The average Bonchev–Trinajstić information content (AvgIpc) is 3.81. The van der Waals surface area contributed by atoms with E-state index in [1.165, 1.54) is 22.9 Å².